The molecule has 3 rings (SSSR count). The van der Waals surface area contributed by atoms with Crippen molar-refractivity contribution in [3.63, 3.8) is 0 Å². The molecule has 1 aromatic carbocycles. The minimum absolute atomic E-state index is 0.0247. The van der Waals surface area contributed by atoms with E-state index >= 15 is 0 Å². The first-order valence-corrected chi connectivity index (χ1v) is 7.95. The lowest BCUT2D eigenvalue weighted by Gasteiger charge is -2.28. The summed E-state index contributed by atoms with van der Waals surface area (Å²) in [4.78, 5) is 12.3. The zero-order chi connectivity index (χ0) is 17.5. The van der Waals surface area contributed by atoms with E-state index in [0.29, 0.717) is 6.42 Å². The molecule has 0 fully saturated rings. The summed E-state index contributed by atoms with van der Waals surface area (Å²) in [6.07, 6.45) is 2.19. The van der Waals surface area contributed by atoms with Gasteiger partial charge in [-0.1, -0.05) is 0 Å². The lowest BCUT2D eigenvalue weighted by atomic mass is 9.86. The van der Waals surface area contributed by atoms with Crippen molar-refractivity contribution in [3.05, 3.63) is 35.5 Å². The van der Waals surface area contributed by atoms with Gasteiger partial charge in [-0.3, -0.25) is 4.79 Å². The maximum atomic E-state index is 12.3. The largest absolute Gasteiger partial charge is 0.497 e. The fraction of sp³-hybridized carbons (Fsp3) is 0.444. The Balaban J connectivity index is 2.15. The van der Waals surface area contributed by atoms with E-state index in [1.807, 2.05) is 29.1 Å². The Morgan fingerprint density at radius 2 is 1.96 bits per heavy atom. The summed E-state index contributed by atoms with van der Waals surface area (Å²) in [7, 11) is 3.26. The first-order valence-electron chi connectivity index (χ1n) is 7.95. The quantitative estimate of drug-likeness (QED) is 0.939. The molecule has 0 spiro atoms. The van der Waals surface area contributed by atoms with Gasteiger partial charge in [-0.25, -0.2) is 4.68 Å². The number of ether oxygens (including phenoxy) is 2. The number of carbonyl (C=O) groups excluding carboxylic acids is 1. The third-order valence-electron chi connectivity index (χ3n) is 4.27. The molecular formula is C18H23N3O3. The molecule has 1 unspecified atom stereocenters. The summed E-state index contributed by atoms with van der Waals surface area (Å²) >= 11 is 0. The van der Waals surface area contributed by atoms with Crippen LogP contribution in [-0.4, -0.2) is 29.9 Å². The molecule has 2 aromatic rings. The van der Waals surface area contributed by atoms with Crippen LogP contribution in [0.1, 0.15) is 44.2 Å². The molecule has 1 aliphatic heterocycles. The molecule has 1 aromatic heterocycles. The summed E-state index contributed by atoms with van der Waals surface area (Å²) in [6, 6.07) is 5.65. The maximum Gasteiger partial charge on any atom is 0.226 e. The van der Waals surface area contributed by atoms with E-state index in [1.165, 1.54) is 0 Å². The van der Waals surface area contributed by atoms with Gasteiger partial charge in [0.05, 0.1) is 26.0 Å². The number of aromatic nitrogens is 2. The van der Waals surface area contributed by atoms with Crippen molar-refractivity contribution in [1.82, 2.24) is 9.78 Å². The number of fused-ring (bicyclic) bond motifs is 1. The molecule has 0 saturated carbocycles. The number of nitrogens with zero attached hydrogens (tertiary/aromatic N) is 2. The molecule has 1 atom stereocenters. The fourth-order valence-corrected chi connectivity index (χ4v) is 3.12. The normalized spacial score (nSPS) is 17.2. The second-order valence-corrected chi connectivity index (χ2v) is 6.94. The molecule has 128 valence electrons. The Bertz CT molecular complexity index is 774. The first-order chi connectivity index (χ1) is 11.3. The van der Waals surface area contributed by atoms with Crippen LogP contribution < -0.4 is 14.8 Å². The molecule has 1 aliphatic rings. The number of anilines is 1. The number of carbonyl (C=O) groups is 1. The standard InChI is InChI=1S/C18H23N3O3/c1-18(2,3)21-17-14(10-19-21)12(9-16(22)20-17)13-8-11(23-4)6-7-15(13)24-5/h6-8,10,12H,9H2,1-5H3,(H,20,22). The van der Waals surface area contributed by atoms with Gasteiger partial charge in [-0.05, 0) is 39.0 Å². The zero-order valence-electron chi connectivity index (χ0n) is 14.7. The Labute approximate surface area is 141 Å². The highest BCUT2D eigenvalue weighted by molar-refractivity contribution is 5.94. The smallest absolute Gasteiger partial charge is 0.226 e. The van der Waals surface area contributed by atoms with Crippen molar-refractivity contribution in [2.24, 2.45) is 0 Å². The van der Waals surface area contributed by atoms with Crippen LogP contribution in [0.4, 0.5) is 5.82 Å². The van der Waals surface area contributed by atoms with Crippen molar-refractivity contribution in [2.45, 2.75) is 38.6 Å². The minimum Gasteiger partial charge on any atom is -0.497 e. The van der Waals surface area contributed by atoms with E-state index in [1.54, 1.807) is 14.2 Å². The highest BCUT2D eigenvalue weighted by Crippen LogP contribution is 2.42. The first kappa shape index (κ1) is 16.4. The van der Waals surface area contributed by atoms with Crippen molar-refractivity contribution >= 4 is 11.7 Å². The number of nitrogens with one attached hydrogen (secondary N) is 1. The summed E-state index contributed by atoms with van der Waals surface area (Å²) in [5, 5.41) is 7.48. The second-order valence-electron chi connectivity index (χ2n) is 6.94. The van der Waals surface area contributed by atoms with Crippen molar-refractivity contribution in [3.8, 4) is 11.5 Å². The SMILES string of the molecule is COc1ccc(OC)c(C2CC(=O)Nc3c2cnn3C(C)(C)C)c1. The van der Waals surface area contributed by atoms with Gasteiger partial charge in [-0.15, -0.1) is 0 Å². The van der Waals surface area contributed by atoms with E-state index in [4.69, 9.17) is 9.47 Å². The number of benzene rings is 1. The Hall–Kier alpha value is -2.50. The van der Waals surface area contributed by atoms with Crippen LogP contribution in [0.25, 0.3) is 0 Å². The number of hydrogen-bond donors (Lipinski definition) is 1. The Kier molecular flexibility index (Phi) is 3.99. The van der Waals surface area contributed by atoms with Crippen molar-refractivity contribution in [1.29, 1.82) is 0 Å². The van der Waals surface area contributed by atoms with E-state index in [0.717, 1.165) is 28.4 Å². The second kappa shape index (κ2) is 5.85. The molecular weight excluding hydrogens is 306 g/mol. The molecule has 0 radical (unpaired) electrons. The predicted molar refractivity (Wildman–Crippen MR) is 91.9 cm³/mol. The van der Waals surface area contributed by atoms with Crippen LogP contribution in [0, 0.1) is 0 Å². The third-order valence-corrected chi connectivity index (χ3v) is 4.27. The lowest BCUT2D eigenvalue weighted by Crippen LogP contribution is -2.30. The summed E-state index contributed by atoms with van der Waals surface area (Å²) < 4.78 is 12.7. The van der Waals surface area contributed by atoms with Crippen molar-refractivity contribution in [2.75, 3.05) is 19.5 Å². The van der Waals surface area contributed by atoms with Gasteiger partial charge < -0.3 is 14.8 Å². The molecule has 0 saturated heterocycles. The highest BCUT2D eigenvalue weighted by Gasteiger charge is 2.34. The number of amides is 1. The van der Waals surface area contributed by atoms with Gasteiger partial charge >= 0.3 is 0 Å². The van der Waals surface area contributed by atoms with Crippen LogP contribution in [0.5, 0.6) is 11.5 Å². The monoisotopic (exact) mass is 329 g/mol. The van der Waals surface area contributed by atoms with E-state index < -0.39 is 0 Å². The third kappa shape index (κ3) is 2.72. The van der Waals surface area contributed by atoms with E-state index in [2.05, 4.69) is 31.2 Å². The molecule has 6 heteroatoms. The van der Waals surface area contributed by atoms with Gasteiger partial charge in [-0.2, -0.15) is 5.10 Å². The highest BCUT2D eigenvalue weighted by atomic mass is 16.5. The Morgan fingerprint density at radius 3 is 2.58 bits per heavy atom. The van der Waals surface area contributed by atoms with Crippen LogP contribution >= 0.6 is 0 Å². The maximum absolute atomic E-state index is 12.3. The van der Waals surface area contributed by atoms with Gasteiger partial charge in [0.15, 0.2) is 0 Å². The van der Waals surface area contributed by atoms with Gasteiger partial charge in [0.25, 0.3) is 0 Å². The van der Waals surface area contributed by atoms with E-state index in [9.17, 15) is 4.79 Å². The molecule has 2 heterocycles. The van der Waals surface area contributed by atoms with E-state index in [-0.39, 0.29) is 17.4 Å². The lowest BCUT2D eigenvalue weighted by molar-refractivity contribution is -0.116. The summed E-state index contributed by atoms with van der Waals surface area (Å²) in [5.41, 5.74) is 1.71. The molecule has 0 bridgehead atoms. The topological polar surface area (TPSA) is 65.4 Å². The number of rotatable bonds is 3. The minimum atomic E-state index is -0.221. The molecule has 0 aliphatic carbocycles. The van der Waals surface area contributed by atoms with Gasteiger partial charge in [0.2, 0.25) is 5.91 Å². The Morgan fingerprint density at radius 1 is 1.21 bits per heavy atom. The average molecular weight is 329 g/mol. The molecule has 6 nitrogen and oxygen atoms in total. The summed E-state index contributed by atoms with van der Waals surface area (Å²) in [5.74, 6) is 2.10. The van der Waals surface area contributed by atoms with Crippen LogP contribution in [0.3, 0.4) is 0 Å². The van der Waals surface area contributed by atoms with Crippen LogP contribution in [-0.2, 0) is 10.3 Å². The predicted octanol–water partition coefficient (Wildman–Crippen LogP) is 3.13. The zero-order valence-corrected chi connectivity index (χ0v) is 14.7. The molecule has 1 N–H and O–H groups in total. The number of methoxy groups -OCH3 is 2. The van der Waals surface area contributed by atoms with Gasteiger partial charge in [0, 0.05) is 23.5 Å². The van der Waals surface area contributed by atoms with Gasteiger partial charge in [0.1, 0.15) is 17.3 Å². The molecule has 1 amide bonds. The molecule has 24 heavy (non-hydrogen) atoms. The number of hydrogen-bond acceptors (Lipinski definition) is 4. The van der Waals surface area contributed by atoms with Crippen molar-refractivity contribution < 1.29 is 14.3 Å². The van der Waals surface area contributed by atoms with Crippen LogP contribution in [0.2, 0.25) is 0 Å². The van der Waals surface area contributed by atoms with Crippen LogP contribution in [0.15, 0.2) is 24.4 Å². The fourth-order valence-electron chi connectivity index (χ4n) is 3.12. The summed E-state index contributed by atoms with van der Waals surface area (Å²) in [6.45, 7) is 6.17. The average Bonchev–Trinajstić information content (AvgIpc) is 2.97.